The number of ether oxygens (including phenoxy) is 4. The van der Waals surface area contributed by atoms with Crippen LogP contribution in [0.25, 0.3) is 0 Å². The predicted octanol–water partition coefficient (Wildman–Crippen LogP) is 2.23. The zero-order chi connectivity index (χ0) is 25.4. The maximum atomic E-state index is 12.6. The van der Waals surface area contributed by atoms with E-state index in [1.165, 1.54) is 12.1 Å². The van der Waals surface area contributed by atoms with Crippen LogP contribution in [0.1, 0.15) is 17.2 Å². The number of fused-ring (bicyclic) bond motifs is 1. The number of rotatable bonds is 14. The lowest BCUT2D eigenvalue weighted by Crippen LogP contribution is -2.34. The average molecular weight is 528 g/mol. The summed E-state index contributed by atoms with van der Waals surface area (Å²) in [6, 6.07) is 10.2. The molecule has 0 amide bonds. The van der Waals surface area contributed by atoms with Gasteiger partial charge in [0.25, 0.3) is 0 Å². The predicted molar refractivity (Wildman–Crippen MR) is 135 cm³/mol. The number of nitrogens with one attached hydrogen (secondary N) is 1. The number of nitrogens with zero attached hydrogens (tertiary/aromatic N) is 1. The molecule has 9 nitrogen and oxygen atoms in total. The van der Waals surface area contributed by atoms with Crippen LogP contribution in [0.4, 0.5) is 0 Å². The Labute approximate surface area is 212 Å². The number of hydrogen-bond acceptors (Lipinski definition) is 8. The molecule has 0 radical (unpaired) electrons. The molecule has 0 aliphatic heterocycles. The molecule has 3 N–H and O–H groups in total. The topological polar surface area (TPSA) is 112 Å². The van der Waals surface area contributed by atoms with E-state index in [1.54, 1.807) is 19.2 Å². The van der Waals surface area contributed by atoms with E-state index in [2.05, 4.69) is 9.62 Å². The average Bonchev–Trinajstić information content (AvgIpc) is 3.19. The lowest BCUT2D eigenvalue weighted by molar-refractivity contribution is 0.0530. The van der Waals surface area contributed by atoms with Crippen molar-refractivity contribution in [3.05, 3.63) is 52.5 Å². The highest BCUT2D eigenvalue weighted by molar-refractivity contribution is 7.89. The van der Waals surface area contributed by atoms with E-state index in [0.29, 0.717) is 37.1 Å². The van der Waals surface area contributed by atoms with E-state index < -0.39 is 10.0 Å². The molecule has 11 heteroatoms. The van der Waals surface area contributed by atoms with Crippen molar-refractivity contribution in [3.8, 4) is 11.5 Å². The Morgan fingerprint density at radius 3 is 2.40 bits per heavy atom. The lowest BCUT2D eigenvalue weighted by Gasteiger charge is -2.27. The summed E-state index contributed by atoms with van der Waals surface area (Å²) < 4.78 is 50.1. The van der Waals surface area contributed by atoms with Gasteiger partial charge in [-0.1, -0.05) is 11.6 Å². The summed E-state index contributed by atoms with van der Waals surface area (Å²) in [6.45, 7) is 2.13. The SMILES string of the molecule is COc1cc(Cl)cc2c1C[C@H](N(C)C)[C@H]2Oc1ccc(S(=O)(=O)NCCOCCOCCN)cc1. The van der Waals surface area contributed by atoms with Gasteiger partial charge in [0.15, 0.2) is 0 Å². The van der Waals surface area contributed by atoms with Crippen molar-refractivity contribution in [2.24, 2.45) is 5.73 Å². The summed E-state index contributed by atoms with van der Waals surface area (Å²) in [5.74, 6) is 1.30. The van der Waals surface area contributed by atoms with Gasteiger partial charge >= 0.3 is 0 Å². The molecule has 0 heterocycles. The number of hydrogen-bond donors (Lipinski definition) is 2. The molecule has 194 valence electrons. The van der Waals surface area contributed by atoms with E-state index in [9.17, 15) is 8.42 Å². The van der Waals surface area contributed by atoms with Crippen molar-refractivity contribution in [1.29, 1.82) is 0 Å². The quantitative estimate of drug-likeness (QED) is 0.360. The number of halogens is 1. The Morgan fingerprint density at radius 1 is 1.09 bits per heavy atom. The molecule has 0 saturated heterocycles. The van der Waals surface area contributed by atoms with E-state index in [0.717, 1.165) is 23.3 Å². The van der Waals surface area contributed by atoms with E-state index in [1.807, 2.05) is 26.2 Å². The first kappa shape index (κ1) is 27.7. The van der Waals surface area contributed by atoms with Crippen molar-refractivity contribution in [2.75, 3.05) is 60.7 Å². The highest BCUT2D eigenvalue weighted by Crippen LogP contribution is 2.43. The van der Waals surface area contributed by atoms with Gasteiger partial charge in [-0.25, -0.2) is 13.1 Å². The first-order valence-electron chi connectivity index (χ1n) is 11.4. The van der Waals surface area contributed by atoms with Crippen LogP contribution in [-0.2, 0) is 25.9 Å². The van der Waals surface area contributed by atoms with E-state index in [4.69, 9.17) is 36.3 Å². The maximum absolute atomic E-state index is 12.6. The minimum Gasteiger partial charge on any atom is -0.496 e. The Hall–Kier alpha value is -1.92. The summed E-state index contributed by atoms with van der Waals surface area (Å²) in [5, 5.41) is 0.577. The normalized spacial score (nSPS) is 17.5. The molecule has 3 rings (SSSR count). The van der Waals surface area contributed by atoms with Crippen LogP contribution in [0.15, 0.2) is 41.3 Å². The van der Waals surface area contributed by atoms with Gasteiger partial charge in [0.05, 0.1) is 44.5 Å². The molecule has 0 spiro atoms. The fourth-order valence-electron chi connectivity index (χ4n) is 3.99. The Morgan fingerprint density at radius 2 is 1.77 bits per heavy atom. The molecule has 1 aliphatic carbocycles. The molecule has 0 fully saturated rings. The van der Waals surface area contributed by atoms with Gasteiger partial charge in [-0.3, -0.25) is 0 Å². The van der Waals surface area contributed by atoms with Crippen LogP contribution in [0.5, 0.6) is 11.5 Å². The first-order chi connectivity index (χ1) is 16.8. The van der Waals surface area contributed by atoms with E-state index in [-0.39, 0.29) is 30.2 Å². The molecule has 2 atom stereocenters. The fourth-order valence-corrected chi connectivity index (χ4v) is 5.22. The van der Waals surface area contributed by atoms with Crippen molar-refractivity contribution in [2.45, 2.75) is 23.5 Å². The van der Waals surface area contributed by atoms with Crippen LogP contribution < -0.4 is 19.9 Å². The standard InChI is InChI=1S/C24H34ClN3O6S/c1-28(2)22-16-20-21(14-17(25)15-23(20)31-3)24(22)34-18-4-6-19(7-5-18)35(29,30)27-9-11-33-13-12-32-10-8-26/h4-7,14-15,22,24,27H,8-13,16,26H2,1-3H3/t22-,24-/m0/s1. The minimum absolute atomic E-state index is 0.0724. The van der Waals surface area contributed by atoms with Crippen LogP contribution in [0.3, 0.4) is 0 Å². The van der Waals surface area contributed by atoms with E-state index >= 15 is 0 Å². The maximum Gasteiger partial charge on any atom is 0.240 e. The third kappa shape index (κ3) is 7.29. The molecule has 2 aromatic carbocycles. The highest BCUT2D eigenvalue weighted by Gasteiger charge is 2.38. The van der Waals surface area contributed by atoms with Crippen LogP contribution in [0, 0.1) is 0 Å². The number of benzene rings is 2. The van der Waals surface area contributed by atoms with Gasteiger partial charge in [-0.2, -0.15) is 0 Å². The van der Waals surface area contributed by atoms with Gasteiger partial charge in [0.2, 0.25) is 10.0 Å². The largest absolute Gasteiger partial charge is 0.496 e. The summed E-state index contributed by atoms with van der Waals surface area (Å²) >= 11 is 6.32. The summed E-state index contributed by atoms with van der Waals surface area (Å²) in [4.78, 5) is 2.25. The lowest BCUT2D eigenvalue weighted by atomic mass is 10.1. The third-order valence-corrected chi connectivity index (χ3v) is 7.43. The minimum atomic E-state index is -3.67. The molecule has 2 aromatic rings. The molecular weight excluding hydrogens is 494 g/mol. The highest BCUT2D eigenvalue weighted by atomic mass is 35.5. The first-order valence-corrected chi connectivity index (χ1v) is 13.3. The van der Waals surface area contributed by atoms with Crippen LogP contribution in [0.2, 0.25) is 5.02 Å². The molecule has 0 unspecified atom stereocenters. The van der Waals surface area contributed by atoms with Gasteiger partial charge in [-0.05, 0) is 56.9 Å². The van der Waals surface area contributed by atoms with Crippen molar-refractivity contribution < 1.29 is 27.4 Å². The summed E-state index contributed by atoms with van der Waals surface area (Å²) in [5.41, 5.74) is 7.37. The van der Waals surface area contributed by atoms with Gasteiger partial charge in [0.1, 0.15) is 17.6 Å². The number of methoxy groups -OCH3 is 1. The van der Waals surface area contributed by atoms with Gasteiger partial charge in [-0.15, -0.1) is 0 Å². The smallest absolute Gasteiger partial charge is 0.240 e. The van der Waals surface area contributed by atoms with Crippen LogP contribution >= 0.6 is 11.6 Å². The summed E-state index contributed by atoms with van der Waals surface area (Å²) in [6.07, 6.45) is 0.476. The van der Waals surface area contributed by atoms with Gasteiger partial charge in [0, 0.05) is 29.2 Å². The van der Waals surface area contributed by atoms with Crippen molar-refractivity contribution in [3.63, 3.8) is 0 Å². The molecule has 1 aliphatic rings. The van der Waals surface area contributed by atoms with Gasteiger partial charge < -0.3 is 29.6 Å². The molecule has 35 heavy (non-hydrogen) atoms. The molecule has 0 bridgehead atoms. The van der Waals surface area contributed by atoms with Crippen molar-refractivity contribution in [1.82, 2.24) is 9.62 Å². The second kappa shape index (κ2) is 12.9. The monoisotopic (exact) mass is 527 g/mol. The second-order valence-electron chi connectivity index (χ2n) is 8.33. The zero-order valence-electron chi connectivity index (χ0n) is 20.3. The third-order valence-electron chi connectivity index (χ3n) is 5.73. The Bertz CT molecular complexity index is 1070. The fraction of sp³-hybridized carbons (Fsp3) is 0.500. The number of likely N-dealkylation sites (N-methyl/N-ethyl adjacent to an activating group) is 1. The Kier molecular flexibility index (Phi) is 10.2. The Balaban J connectivity index is 1.62. The van der Waals surface area contributed by atoms with Crippen molar-refractivity contribution >= 4 is 21.6 Å². The number of sulfonamides is 1. The zero-order valence-corrected chi connectivity index (χ0v) is 21.9. The summed E-state index contributed by atoms with van der Waals surface area (Å²) in [7, 11) is 1.96. The molecule has 0 saturated carbocycles. The molecular formula is C24H34ClN3O6S. The molecule has 0 aromatic heterocycles. The second-order valence-corrected chi connectivity index (χ2v) is 10.5. The number of nitrogens with two attached hydrogens (primary N) is 1. The van der Waals surface area contributed by atoms with Crippen LogP contribution in [-0.4, -0.2) is 80.1 Å².